The number of hydrogen-bond donors (Lipinski definition) is 1. The van der Waals surface area contributed by atoms with E-state index in [2.05, 4.69) is 40.0 Å². The van der Waals surface area contributed by atoms with Crippen LogP contribution < -0.4 is 5.32 Å². The van der Waals surface area contributed by atoms with Gasteiger partial charge in [0, 0.05) is 16.1 Å². The third-order valence-corrected chi connectivity index (χ3v) is 5.79. The number of nitrogens with one attached hydrogen (secondary N) is 1. The molecule has 2 aromatic heterocycles. The number of aromatic nitrogens is 2. The number of fused-ring (bicyclic) bond motifs is 2. The monoisotopic (exact) mass is 339 g/mol. The average molecular weight is 339 g/mol. The summed E-state index contributed by atoms with van der Waals surface area (Å²) in [6.45, 7) is 4.64. The van der Waals surface area contributed by atoms with Crippen molar-refractivity contribution in [1.29, 1.82) is 0 Å². The zero-order valence-corrected chi connectivity index (χ0v) is 14.8. The molecule has 0 bridgehead atoms. The van der Waals surface area contributed by atoms with Gasteiger partial charge in [-0.1, -0.05) is 25.1 Å². The zero-order valence-electron chi connectivity index (χ0n) is 14.0. The van der Waals surface area contributed by atoms with Gasteiger partial charge in [0.15, 0.2) is 5.13 Å². The van der Waals surface area contributed by atoms with Gasteiger partial charge in [0.2, 0.25) is 5.91 Å². The molecule has 1 amide bonds. The minimum Gasteiger partial charge on any atom is -0.335 e. The number of carbonyl (C=O) groups excluding carboxylic acids is 1. The van der Waals surface area contributed by atoms with E-state index < -0.39 is 0 Å². The minimum absolute atomic E-state index is 0.0152. The molecule has 0 saturated heterocycles. The highest BCUT2D eigenvalue weighted by Crippen LogP contribution is 2.32. The van der Waals surface area contributed by atoms with Crippen molar-refractivity contribution in [1.82, 2.24) is 9.55 Å². The third-order valence-electron chi connectivity index (χ3n) is 4.75. The number of anilines is 1. The van der Waals surface area contributed by atoms with Crippen molar-refractivity contribution >= 4 is 33.3 Å². The summed E-state index contributed by atoms with van der Waals surface area (Å²) in [6.07, 6.45) is 3.31. The van der Waals surface area contributed by atoms with Crippen LogP contribution in [-0.4, -0.2) is 15.5 Å². The van der Waals surface area contributed by atoms with Crippen LogP contribution in [0.1, 0.15) is 29.6 Å². The molecule has 1 N–H and O–H groups in total. The van der Waals surface area contributed by atoms with Gasteiger partial charge in [-0.25, -0.2) is 4.98 Å². The number of nitrogens with zero attached hydrogens (tertiary/aromatic N) is 2. The first-order valence-corrected chi connectivity index (χ1v) is 9.25. The Morgan fingerprint density at radius 1 is 1.42 bits per heavy atom. The molecule has 2 heterocycles. The molecular weight excluding hydrogens is 318 g/mol. The van der Waals surface area contributed by atoms with Gasteiger partial charge in [-0.15, -0.1) is 11.3 Å². The van der Waals surface area contributed by atoms with Crippen molar-refractivity contribution in [3.05, 3.63) is 46.6 Å². The highest BCUT2D eigenvalue weighted by molar-refractivity contribution is 7.15. The van der Waals surface area contributed by atoms with Crippen LogP contribution in [-0.2, 0) is 24.2 Å². The van der Waals surface area contributed by atoms with Gasteiger partial charge in [0.25, 0.3) is 0 Å². The molecule has 1 atom stereocenters. The van der Waals surface area contributed by atoms with E-state index in [0.29, 0.717) is 6.54 Å². The number of para-hydroxylation sites is 1. The second-order valence-electron chi connectivity index (χ2n) is 6.72. The predicted octanol–water partition coefficient (Wildman–Crippen LogP) is 4.17. The van der Waals surface area contributed by atoms with Crippen molar-refractivity contribution in [2.45, 2.75) is 39.7 Å². The Bertz CT molecular complexity index is 909. The standard InChI is InChI=1S/C19H21N3OS/c1-12-7-8-15-17(9-12)24-19(20-15)21-18(23)11-22-13(2)10-14-5-3-4-6-16(14)22/h3-6,10,12H,7-9,11H2,1-2H3,(H,20,21,23). The molecular formula is C19H21N3OS. The predicted molar refractivity (Wildman–Crippen MR) is 98.6 cm³/mol. The first-order valence-electron chi connectivity index (χ1n) is 8.43. The normalized spacial score (nSPS) is 17.0. The van der Waals surface area contributed by atoms with E-state index in [1.807, 2.05) is 19.1 Å². The fourth-order valence-electron chi connectivity index (χ4n) is 3.45. The van der Waals surface area contributed by atoms with Gasteiger partial charge < -0.3 is 9.88 Å². The van der Waals surface area contributed by atoms with E-state index in [0.717, 1.165) is 35.1 Å². The maximum absolute atomic E-state index is 12.5. The van der Waals surface area contributed by atoms with E-state index in [-0.39, 0.29) is 5.91 Å². The average Bonchev–Trinajstić information content (AvgIpc) is 3.07. The largest absolute Gasteiger partial charge is 0.335 e. The van der Waals surface area contributed by atoms with Crippen molar-refractivity contribution in [3.63, 3.8) is 0 Å². The smallest absolute Gasteiger partial charge is 0.246 e. The summed E-state index contributed by atoms with van der Waals surface area (Å²) >= 11 is 1.64. The topological polar surface area (TPSA) is 46.9 Å². The van der Waals surface area contributed by atoms with Gasteiger partial charge in [-0.3, -0.25) is 4.79 Å². The molecule has 3 aromatic rings. The van der Waals surface area contributed by atoms with E-state index in [9.17, 15) is 4.79 Å². The van der Waals surface area contributed by atoms with Crippen molar-refractivity contribution in [2.75, 3.05) is 5.32 Å². The summed E-state index contributed by atoms with van der Waals surface area (Å²) in [5, 5.41) is 4.90. The molecule has 1 aromatic carbocycles. The Kier molecular flexibility index (Phi) is 3.88. The van der Waals surface area contributed by atoms with Crippen molar-refractivity contribution in [3.8, 4) is 0 Å². The lowest BCUT2D eigenvalue weighted by molar-refractivity contribution is -0.116. The van der Waals surface area contributed by atoms with Gasteiger partial charge in [0.1, 0.15) is 6.54 Å². The van der Waals surface area contributed by atoms with Crippen LogP contribution in [0.3, 0.4) is 0 Å². The van der Waals surface area contributed by atoms with Gasteiger partial charge in [-0.2, -0.15) is 0 Å². The summed E-state index contributed by atoms with van der Waals surface area (Å²) in [6, 6.07) is 10.3. The molecule has 0 aliphatic heterocycles. The zero-order chi connectivity index (χ0) is 16.7. The summed E-state index contributed by atoms with van der Waals surface area (Å²) in [5.41, 5.74) is 3.37. The molecule has 0 radical (unpaired) electrons. The molecule has 1 aliphatic rings. The first kappa shape index (κ1) is 15.4. The highest BCUT2D eigenvalue weighted by atomic mass is 32.1. The van der Waals surface area contributed by atoms with E-state index in [1.165, 1.54) is 22.4 Å². The molecule has 1 aliphatic carbocycles. The van der Waals surface area contributed by atoms with E-state index in [1.54, 1.807) is 11.3 Å². The molecule has 24 heavy (non-hydrogen) atoms. The van der Waals surface area contributed by atoms with Gasteiger partial charge in [-0.05, 0) is 49.6 Å². The second kappa shape index (κ2) is 6.06. The number of hydrogen-bond acceptors (Lipinski definition) is 3. The Hall–Kier alpha value is -2.14. The van der Waals surface area contributed by atoms with Crippen LogP contribution >= 0.6 is 11.3 Å². The number of amides is 1. The van der Waals surface area contributed by atoms with Gasteiger partial charge in [0.05, 0.1) is 5.69 Å². The molecule has 0 saturated carbocycles. The van der Waals surface area contributed by atoms with Crippen LogP contribution in [0.4, 0.5) is 5.13 Å². The number of thiazole rings is 1. The van der Waals surface area contributed by atoms with Crippen LogP contribution in [0.15, 0.2) is 30.3 Å². The molecule has 1 unspecified atom stereocenters. The Labute approximate surface area is 145 Å². The fourth-order valence-corrected chi connectivity index (χ4v) is 4.64. The maximum Gasteiger partial charge on any atom is 0.246 e. The lowest BCUT2D eigenvalue weighted by Crippen LogP contribution is -2.19. The van der Waals surface area contributed by atoms with Crippen LogP contribution in [0.2, 0.25) is 0 Å². The summed E-state index contributed by atoms with van der Waals surface area (Å²) in [5.74, 6) is 0.703. The van der Waals surface area contributed by atoms with Gasteiger partial charge >= 0.3 is 0 Å². The summed E-state index contributed by atoms with van der Waals surface area (Å²) in [4.78, 5) is 18.4. The molecule has 0 fully saturated rings. The van der Waals surface area contributed by atoms with E-state index in [4.69, 9.17) is 0 Å². The van der Waals surface area contributed by atoms with Crippen LogP contribution in [0.25, 0.3) is 10.9 Å². The molecule has 5 heteroatoms. The summed E-state index contributed by atoms with van der Waals surface area (Å²) in [7, 11) is 0. The Morgan fingerprint density at radius 2 is 2.25 bits per heavy atom. The number of aryl methyl sites for hydroxylation is 2. The van der Waals surface area contributed by atoms with E-state index >= 15 is 0 Å². The number of benzene rings is 1. The Balaban J connectivity index is 1.52. The van der Waals surface area contributed by atoms with Crippen LogP contribution in [0.5, 0.6) is 0 Å². The molecule has 4 nitrogen and oxygen atoms in total. The quantitative estimate of drug-likeness (QED) is 0.778. The second-order valence-corrected chi connectivity index (χ2v) is 7.80. The third kappa shape index (κ3) is 2.84. The number of rotatable bonds is 3. The molecule has 124 valence electrons. The van der Waals surface area contributed by atoms with Crippen molar-refractivity contribution in [2.24, 2.45) is 5.92 Å². The minimum atomic E-state index is -0.0152. The highest BCUT2D eigenvalue weighted by Gasteiger charge is 2.20. The van der Waals surface area contributed by atoms with Crippen LogP contribution in [0, 0.1) is 12.8 Å². The molecule has 0 spiro atoms. The van der Waals surface area contributed by atoms with Crippen molar-refractivity contribution < 1.29 is 4.79 Å². The lowest BCUT2D eigenvalue weighted by Gasteiger charge is -2.15. The summed E-state index contributed by atoms with van der Waals surface area (Å²) < 4.78 is 2.06. The fraction of sp³-hybridized carbons (Fsp3) is 0.368. The first-order chi connectivity index (χ1) is 11.6. The maximum atomic E-state index is 12.5. The number of carbonyl (C=O) groups is 1. The molecule has 4 rings (SSSR count). The Morgan fingerprint density at radius 3 is 3.12 bits per heavy atom. The lowest BCUT2D eigenvalue weighted by atomic mass is 9.93. The SMILES string of the molecule is Cc1cc2ccccc2n1CC(=O)Nc1nc2c(s1)CC(C)CC2.